The van der Waals surface area contributed by atoms with Crippen molar-refractivity contribution in [2.45, 2.75) is 45.6 Å². The molecule has 2 heterocycles. The first-order valence-electron chi connectivity index (χ1n) is 11.1. The van der Waals surface area contributed by atoms with Crippen molar-refractivity contribution in [1.29, 1.82) is 0 Å². The van der Waals surface area contributed by atoms with Crippen LogP contribution >= 0.6 is 0 Å². The average Bonchev–Trinajstić information content (AvgIpc) is 2.80. The third-order valence-corrected chi connectivity index (χ3v) is 5.99. The molecule has 0 amide bonds. The molecular formula is C25H27F2N3O2. The Morgan fingerprint density at radius 1 is 1.06 bits per heavy atom. The van der Waals surface area contributed by atoms with Crippen LogP contribution in [0, 0.1) is 11.6 Å². The van der Waals surface area contributed by atoms with Crippen LogP contribution in [0.15, 0.2) is 47.3 Å². The van der Waals surface area contributed by atoms with Gasteiger partial charge in [0.1, 0.15) is 17.5 Å². The summed E-state index contributed by atoms with van der Waals surface area (Å²) in [6.07, 6.45) is 4.09. The molecule has 0 aliphatic carbocycles. The molecule has 1 aliphatic heterocycles. The Kier molecular flexibility index (Phi) is 6.53. The summed E-state index contributed by atoms with van der Waals surface area (Å²) in [5.74, 6) is -0.815. The molecule has 1 aromatic heterocycles. The highest BCUT2D eigenvalue weighted by atomic mass is 19.1. The summed E-state index contributed by atoms with van der Waals surface area (Å²) in [4.78, 5) is 20.5. The van der Waals surface area contributed by atoms with Crippen LogP contribution in [0.3, 0.4) is 0 Å². The molecule has 4 rings (SSSR count). The minimum Gasteiger partial charge on any atom is -0.504 e. The standard InChI is InChI=1S/C25H27F2N3O2/c1-2-19-23(29-13-4-3-5-14-29)28-24(20-10-7-11-21(27)22(20)31)30(25(19)32)15-12-17-8-6-9-18(26)16-17/h6-11,16,31H,2-5,12-15H2,1H3. The lowest BCUT2D eigenvalue weighted by Crippen LogP contribution is -2.36. The highest BCUT2D eigenvalue weighted by molar-refractivity contribution is 5.66. The van der Waals surface area contributed by atoms with Crippen LogP contribution < -0.4 is 10.5 Å². The van der Waals surface area contributed by atoms with Gasteiger partial charge in [0.15, 0.2) is 11.6 Å². The summed E-state index contributed by atoms with van der Waals surface area (Å²) in [5.41, 5.74) is 1.30. The van der Waals surface area contributed by atoms with E-state index in [0.29, 0.717) is 24.2 Å². The lowest BCUT2D eigenvalue weighted by atomic mass is 10.1. The van der Waals surface area contributed by atoms with E-state index >= 15 is 0 Å². The van der Waals surface area contributed by atoms with Gasteiger partial charge in [0.05, 0.1) is 11.1 Å². The second kappa shape index (κ2) is 9.51. The van der Waals surface area contributed by atoms with Gasteiger partial charge < -0.3 is 10.0 Å². The maximum atomic E-state index is 14.2. The zero-order valence-electron chi connectivity index (χ0n) is 18.2. The Morgan fingerprint density at radius 3 is 2.53 bits per heavy atom. The summed E-state index contributed by atoms with van der Waals surface area (Å²) in [6, 6.07) is 10.4. The number of aromatic hydroxyl groups is 1. The molecule has 1 saturated heterocycles. The number of hydrogen-bond donors (Lipinski definition) is 1. The van der Waals surface area contributed by atoms with E-state index in [0.717, 1.165) is 37.9 Å². The number of aryl methyl sites for hydroxylation is 1. The second-order valence-electron chi connectivity index (χ2n) is 8.11. The van der Waals surface area contributed by atoms with E-state index in [2.05, 4.69) is 4.90 Å². The molecule has 168 valence electrons. The van der Waals surface area contributed by atoms with Crippen molar-refractivity contribution in [2.75, 3.05) is 18.0 Å². The highest BCUT2D eigenvalue weighted by Gasteiger charge is 2.24. The van der Waals surface area contributed by atoms with Crippen LogP contribution in [-0.4, -0.2) is 27.7 Å². The molecule has 3 aromatic rings. The molecule has 0 spiro atoms. The Hall–Kier alpha value is -3.22. The van der Waals surface area contributed by atoms with Crippen molar-refractivity contribution < 1.29 is 13.9 Å². The first kappa shape index (κ1) is 22.0. The van der Waals surface area contributed by atoms with Crippen LogP contribution in [0.25, 0.3) is 11.4 Å². The SMILES string of the molecule is CCc1c(N2CCCCC2)nc(-c2cccc(F)c2O)n(CCc2cccc(F)c2)c1=O. The minimum atomic E-state index is -0.771. The average molecular weight is 440 g/mol. The molecule has 2 aromatic carbocycles. The molecule has 32 heavy (non-hydrogen) atoms. The summed E-state index contributed by atoms with van der Waals surface area (Å²) >= 11 is 0. The summed E-state index contributed by atoms with van der Waals surface area (Å²) in [5, 5.41) is 10.4. The number of hydrogen-bond acceptors (Lipinski definition) is 4. The van der Waals surface area contributed by atoms with E-state index in [4.69, 9.17) is 4.98 Å². The van der Waals surface area contributed by atoms with E-state index < -0.39 is 11.6 Å². The molecule has 5 nitrogen and oxygen atoms in total. The molecule has 0 atom stereocenters. The van der Waals surface area contributed by atoms with Crippen molar-refractivity contribution in [1.82, 2.24) is 9.55 Å². The molecule has 1 aliphatic rings. The molecule has 0 unspecified atom stereocenters. The molecular weight excluding hydrogens is 412 g/mol. The fraction of sp³-hybridized carbons (Fsp3) is 0.360. The number of benzene rings is 2. The normalized spacial score (nSPS) is 14.0. The summed E-state index contributed by atoms with van der Waals surface area (Å²) in [7, 11) is 0. The summed E-state index contributed by atoms with van der Waals surface area (Å²) < 4.78 is 29.3. The number of nitrogens with zero attached hydrogens (tertiary/aromatic N) is 3. The van der Waals surface area contributed by atoms with Gasteiger partial charge in [0, 0.05) is 19.6 Å². The fourth-order valence-electron chi connectivity index (χ4n) is 4.30. The third-order valence-electron chi connectivity index (χ3n) is 5.99. The molecule has 1 N–H and O–H groups in total. The Morgan fingerprint density at radius 2 is 1.81 bits per heavy atom. The molecule has 7 heteroatoms. The molecule has 0 saturated carbocycles. The Labute approximate surface area is 186 Å². The van der Waals surface area contributed by atoms with Crippen LogP contribution in [0.4, 0.5) is 14.6 Å². The summed E-state index contributed by atoms with van der Waals surface area (Å²) in [6.45, 7) is 3.76. The smallest absolute Gasteiger partial charge is 0.259 e. The number of para-hydroxylation sites is 1. The predicted octanol–water partition coefficient (Wildman–Crippen LogP) is 4.69. The predicted molar refractivity (Wildman–Crippen MR) is 121 cm³/mol. The zero-order valence-corrected chi connectivity index (χ0v) is 18.2. The van der Waals surface area contributed by atoms with Crippen LogP contribution in [-0.2, 0) is 19.4 Å². The van der Waals surface area contributed by atoms with Gasteiger partial charge in [-0.1, -0.05) is 25.1 Å². The minimum absolute atomic E-state index is 0.169. The van der Waals surface area contributed by atoms with Crippen LogP contribution in [0.2, 0.25) is 0 Å². The lowest BCUT2D eigenvalue weighted by molar-refractivity contribution is 0.433. The number of anilines is 1. The van der Waals surface area contributed by atoms with Gasteiger partial charge in [-0.2, -0.15) is 0 Å². The first-order chi connectivity index (χ1) is 15.5. The highest BCUT2D eigenvalue weighted by Crippen LogP contribution is 2.32. The topological polar surface area (TPSA) is 58.4 Å². The number of rotatable bonds is 6. The first-order valence-corrected chi connectivity index (χ1v) is 11.1. The van der Waals surface area contributed by atoms with Crippen molar-refractivity contribution >= 4 is 5.82 Å². The molecule has 0 bridgehead atoms. The van der Waals surface area contributed by atoms with Gasteiger partial charge in [-0.05, 0) is 61.9 Å². The maximum Gasteiger partial charge on any atom is 0.259 e. The fourth-order valence-corrected chi connectivity index (χ4v) is 4.30. The van der Waals surface area contributed by atoms with E-state index in [1.165, 1.54) is 28.8 Å². The van der Waals surface area contributed by atoms with E-state index in [9.17, 15) is 18.7 Å². The van der Waals surface area contributed by atoms with E-state index in [1.807, 2.05) is 6.92 Å². The number of aromatic nitrogens is 2. The van der Waals surface area contributed by atoms with E-state index in [1.54, 1.807) is 18.2 Å². The Balaban J connectivity index is 1.86. The van der Waals surface area contributed by atoms with Crippen LogP contribution in [0.1, 0.15) is 37.3 Å². The molecule has 1 fully saturated rings. The number of phenolic OH excluding ortho intramolecular Hbond substituents is 1. The van der Waals surface area contributed by atoms with Gasteiger partial charge in [0.2, 0.25) is 0 Å². The molecule has 0 radical (unpaired) electrons. The number of piperidine rings is 1. The third kappa shape index (κ3) is 4.38. The van der Waals surface area contributed by atoms with Crippen molar-refractivity contribution in [2.24, 2.45) is 0 Å². The van der Waals surface area contributed by atoms with Gasteiger partial charge >= 0.3 is 0 Å². The largest absolute Gasteiger partial charge is 0.504 e. The Bertz CT molecular complexity index is 1170. The van der Waals surface area contributed by atoms with Crippen molar-refractivity contribution in [3.8, 4) is 17.1 Å². The van der Waals surface area contributed by atoms with Crippen molar-refractivity contribution in [3.05, 3.63) is 75.6 Å². The zero-order chi connectivity index (χ0) is 22.7. The van der Waals surface area contributed by atoms with Crippen molar-refractivity contribution in [3.63, 3.8) is 0 Å². The van der Waals surface area contributed by atoms with E-state index in [-0.39, 0.29) is 29.3 Å². The lowest BCUT2D eigenvalue weighted by Gasteiger charge is -2.30. The van der Waals surface area contributed by atoms with Gasteiger partial charge in [-0.15, -0.1) is 0 Å². The van der Waals surface area contributed by atoms with Gasteiger partial charge in [-0.3, -0.25) is 9.36 Å². The van der Waals surface area contributed by atoms with Gasteiger partial charge in [-0.25, -0.2) is 13.8 Å². The second-order valence-corrected chi connectivity index (χ2v) is 8.11. The monoisotopic (exact) mass is 439 g/mol. The van der Waals surface area contributed by atoms with Crippen LogP contribution in [0.5, 0.6) is 5.75 Å². The number of halogens is 2. The number of phenols is 1. The quantitative estimate of drug-likeness (QED) is 0.606. The maximum absolute atomic E-state index is 14.2. The van der Waals surface area contributed by atoms with Gasteiger partial charge in [0.25, 0.3) is 5.56 Å².